The topological polar surface area (TPSA) is 69.0 Å². The van der Waals surface area contributed by atoms with Crippen LogP contribution in [0, 0.1) is 0 Å². The van der Waals surface area contributed by atoms with Gasteiger partial charge in [-0.2, -0.15) is 5.10 Å². The lowest BCUT2D eigenvalue weighted by Gasteiger charge is -2.30. The molecule has 0 bridgehead atoms. The lowest BCUT2D eigenvalue weighted by molar-refractivity contribution is 0.0525. The van der Waals surface area contributed by atoms with Crippen LogP contribution in [0.3, 0.4) is 0 Å². The number of esters is 1. The zero-order valence-electron chi connectivity index (χ0n) is 15.2. The second-order valence-corrected chi connectivity index (χ2v) is 7.14. The Morgan fingerprint density at radius 3 is 2.57 bits per heavy atom. The average Bonchev–Trinajstić information content (AvgIpc) is 3.11. The van der Waals surface area contributed by atoms with Gasteiger partial charge in [-0.15, -0.1) is 0 Å². The maximum absolute atomic E-state index is 12.5. The minimum Gasteiger partial charge on any atom is -0.462 e. The number of hydrogen-bond donors (Lipinski definition) is 0. The Morgan fingerprint density at radius 2 is 1.89 bits per heavy atom. The SMILES string of the molecule is CCOC(=O)c1cnn2c(-c3cc(Cl)cc(Cl)c3)cnc2c1N1CCOCC1. The number of carbonyl (C=O) groups excluding carboxylic acids is 1. The normalized spacial score (nSPS) is 14.5. The van der Waals surface area contributed by atoms with Crippen LogP contribution in [0.1, 0.15) is 17.3 Å². The van der Waals surface area contributed by atoms with Gasteiger partial charge < -0.3 is 14.4 Å². The van der Waals surface area contributed by atoms with E-state index in [4.69, 9.17) is 32.7 Å². The van der Waals surface area contributed by atoms with Crippen molar-refractivity contribution in [2.75, 3.05) is 37.8 Å². The molecule has 0 radical (unpaired) electrons. The van der Waals surface area contributed by atoms with Gasteiger partial charge in [-0.05, 0) is 25.1 Å². The number of rotatable bonds is 4. The van der Waals surface area contributed by atoms with E-state index < -0.39 is 5.97 Å². The number of carbonyl (C=O) groups is 1. The highest BCUT2D eigenvalue weighted by Gasteiger charge is 2.25. The van der Waals surface area contributed by atoms with E-state index in [1.165, 1.54) is 6.20 Å². The van der Waals surface area contributed by atoms with Gasteiger partial charge in [-0.3, -0.25) is 0 Å². The monoisotopic (exact) mass is 420 g/mol. The fourth-order valence-electron chi connectivity index (χ4n) is 3.28. The fourth-order valence-corrected chi connectivity index (χ4v) is 3.80. The Labute approximate surface area is 171 Å². The average molecular weight is 421 g/mol. The van der Waals surface area contributed by atoms with Crippen LogP contribution in [0.2, 0.25) is 10.0 Å². The van der Waals surface area contributed by atoms with Gasteiger partial charge in [0.2, 0.25) is 0 Å². The lowest BCUT2D eigenvalue weighted by Crippen LogP contribution is -2.37. The molecule has 0 atom stereocenters. The second kappa shape index (κ2) is 7.95. The first-order valence-electron chi connectivity index (χ1n) is 8.91. The third kappa shape index (κ3) is 3.53. The molecule has 0 N–H and O–H groups in total. The predicted molar refractivity (Wildman–Crippen MR) is 107 cm³/mol. The summed E-state index contributed by atoms with van der Waals surface area (Å²) in [6.07, 6.45) is 3.22. The maximum atomic E-state index is 12.5. The van der Waals surface area contributed by atoms with Crippen LogP contribution >= 0.6 is 23.2 Å². The maximum Gasteiger partial charge on any atom is 0.342 e. The van der Waals surface area contributed by atoms with Gasteiger partial charge in [0.05, 0.1) is 43.6 Å². The first kappa shape index (κ1) is 19.0. The molecule has 0 amide bonds. The molecule has 1 aliphatic rings. The van der Waals surface area contributed by atoms with Gasteiger partial charge in [-0.25, -0.2) is 14.3 Å². The molecule has 9 heteroatoms. The summed E-state index contributed by atoms with van der Waals surface area (Å²) in [7, 11) is 0. The molecule has 0 aliphatic carbocycles. The molecular weight excluding hydrogens is 403 g/mol. The number of imidazole rings is 1. The first-order valence-corrected chi connectivity index (χ1v) is 9.67. The minimum atomic E-state index is -0.422. The van der Waals surface area contributed by atoms with Gasteiger partial charge in [0.15, 0.2) is 5.65 Å². The summed E-state index contributed by atoms with van der Waals surface area (Å²) in [4.78, 5) is 19.2. The van der Waals surface area contributed by atoms with Gasteiger partial charge in [0.25, 0.3) is 0 Å². The lowest BCUT2D eigenvalue weighted by atomic mass is 10.1. The molecule has 3 aromatic rings. The van der Waals surface area contributed by atoms with Crippen LogP contribution in [-0.2, 0) is 9.47 Å². The standard InChI is InChI=1S/C19H18Cl2N4O3/c1-2-28-19(26)15-10-23-25-16(12-7-13(20)9-14(21)8-12)11-22-18(25)17(15)24-3-5-27-6-4-24/h7-11H,2-6H2,1H3. The summed E-state index contributed by atoms with van der Waals surface area (Å²) in [5.74, 6) is -0.422. The number of morpholine rings is 1. The Kier molecular flexibility index (Phi) is 5.39. The van der Waals surface area contributed by atoms with Crippen molar-refractivity contribution in [1.82, 2.24) is 14.6 Å². The number of halogens is 2. The summed E-state index contributed by atoms with van der Waals surface area (Å²) in [5, 5.41) is 5.49. The van der Waals surface area contributed by atoms with E-state index in [0.29, 0.717) is 53.2 Å². The van der Waals surface area contributed by atoms with Gasteiger partial charge in [0, 0.05) is 28.7 Å². The van der Waals surface area contributed by atoms with Gasteiger partial charge in [0.1, 0.15) is 5.56 Å². The van der Waals surface area contributed by atoms with Crippen molar-refractivity contribution >= 4 is 40.5 Å². The van der Waals surface area contributed by atoms with E-state index in [9.17, 15) is 4.79 Å². The number of ether oxygens (including phenoxy) is 2. The highest BCUT2D eigenvalue weighted by atomic mass is 35.5. The molecule has 1 saturated heterocycles. The minimum absolute atomic E-state index is 0.285. The summed E-state index contributed by atoms with van der Waals surface area (Å²) in [6, 6.07) is 5.26. The summed E-state index contributed by atoms with van der Waals surface area (Å²) < 4.78 is 12.4. The summed E-state index contributed by atoms with van der Waals surface area (Å²) in [5.41, 5.74) is 3.16. The zero-order valence-corrected chi connectivity index (χ0v) is 16.7. The molecule has 1 aliphatic heterocycles. The second-order valence-electron chi connectivity index (χ2n) is 6.26. The third-order valence-corrected chi connectivity index (χ3v) is 4.92. The zero-order chi connectivity index (χ0) is 19.7. The van der Waals surface area contributed by atoms with Crippen LogP contribution in [0.15, 0.2) is 30.6 Å². The van der Waals surface area contributed by atoms with E-state index in [2.05, 4.69) is 15.0 Å². The van der Waals surface area contributed by atoms with Gasteiger partial charge >= 0.3 is 5.97 Å². The van der Waals surface area contributed by atoms with Crippen LogP contribution in [0.4, 0.5) is 5.69 Å². The van der Waals surface area contributed by atoms with E-state index in [1.54, 1.807) is 35.8 Å². The molecule has 0 spiro atoms. The van der Waals surface area contributed by atoms with E-state index in [-0.39, 0.29) is 6.61 Å². The quantitative estimate of drug-likeness (QED) is 0.599. The highest BCUT2D eigenvalue weighted by Crippen LogP contribution is 2.32. The van der Waals surface area contributed by atoms with E-state index in [1.807, 2.05) is 0 Å². The highest BCUT2D eigenvalue weighted by molar-refractivity contribution is 6.35. The first-order chi connectivity index (χ1) is 13.6. The predicted octanol–water partition coefficient (Wildman–Crippen LogP) is 3.72. The number of aromatic nitrogens is 3. The molecular formula is C19H18Cl2N4O3. The number of nitrogens with zero attached hydrogens (tertiary/aromatic N) is 4. The van der Waals surface area contributed by atoms with E-state index >= 15 is 0 Å². The molecule has 7 nitrogen and oxygen atoms in total. The molecule has 0 unspecified atom stereocenters. The fraction of sp³-hybridized carbons (Fsp3) is 0.316. The molecule has 0 saturated carbocycles. The number of fused-ring (bicyclic) bond motifs is 1. The molecule has 4 rings (SSSR count). The molecule has 2 aromatic heterocycles. The molecule has 28 heavy (non-hydrogen) atoms. The molecule has 146 valence electrons. The molecule has 3 heterocycles. The Balaban J connectivity index is 1.90. The number of benzene rings is 1. The van der Waals surface area contributed by atoms with Crippen LogP contribution in [0.25, 0.3) is 16.9 Å². The summed E-state index contributed by atoms with van der Waals surface area (Å²) in [6.45, 7) is 4.51. The summed E-state index contributed by atoms with van der Waals surface area (Å²) >= 11 is 12.3. The number of anilines is 1. The van der Waals surface area contributed by atoms with E-state index in [0.717, 1.165) is 11.3 Å². The van der Waals surface area contributed by atoms with Crippen LogP contribution in [-0.4, -0.2) is 53.5 Å². The van der Waals surface area contributed by atoms with Crippen LogP contribution < -0.4 is 4.90 Å². The van der Waals surface area contributed by atoms with Crippen molar-refractivity contribution in [3.8, 4) is 11.3 Å². The Morgan fingerprint density at radius 1 is 1.18 bits per heavy atom. The van der Waals surface area contributed by atoms with Crippen molar-refractivity contribution in [3.05, 3.63) is 46.2 Å². The van der Waals surface area contributed by atoms with Gasteiger partial charge in [-0.1, -0.05) is 23.2 Å². The van der Waals surface area contributed by atoms with Crippen molar-refractivity contribution in [1.29, 1.82) is 0 Å². The largest absolute Gasteiger partial charge is 0.462 e. The Bertz CT molecular complexity index is 1010. The number of hydrogen-bond acceptors (Lipinski definition) is 6. The van der Waals surface area contributed by atoms with Crippen LogP contribution in [0.5, 0.6) is 0 Å². The van der Waals surface area contributed by atoms with Crippen molar-refractivity contribution in [2.45, 2.75) is 6.92 Å². The molecule has 1 aromatic carbocycles. The van der Waals surface area contributed by atoms with Crippen molar-refractivity contribution < 1.29 is 14.3 Å². The van der Waals surface area contributed by atoms with Crippen molar-refractivity contribution in [3.63, 3.8) is 0 Å². The molecule has 1 fully saturated rings. The Hall–Kier alpha value is -2.35. The third-order valence-electron chi connectivity index (χ3n) is 4.49. The smallest absolute Gasteiger partial charge is 0.342 e. The van der Waals surface area contributed by atoms with Crippen molar-refractivity contribution in [2.24, 2.45) is 0 Å².